The average molecular weight is 627 g/mol. The normalized spacial score (nSPS) is 13.0. The molecular formula is C35H35ClN4O5. The highest BCUT2D eigenvalue weighted by Crippen LogP contribution is 2.37. The van der Waals surface area contributed by atoms with Gasteiger partial charge in [0.25, 0.3) is 0 Å². The van der Waals surface area contributed by atoms with Gasteiger partial charge in [0, 0.05) is 42.2 Å². The summed E-state index contributed by atoms with van der Waals surface area (Å²) in [7, 11) is 0. The summed E-state index contributed by atoms with van der Waals surface area (Å²) in [5.41, 5.74) is 6.01. The lowest BCUT2D eigenvalue weighted by Crippen LogP contribution is -2.28. The number of ether oxygens (including phenoxy) is 4. The Morgan fingerprint density at radius 3 is 2.62 bits per heavy atom. The number of aliphatic hydroxyl groups excluding tert-OH is 1. The fourth-order valence-corrected chi connectivity index (χ4v) is 5.28. The van der Waals surface area contributed by atoms with Crippen LogP contribution in [0, 0.1) is 6.92 Å². The van der Waals surface area contributed by atoms with Gasteiger partial charge >= 0.3 is 0 Å². The number of hydrogen-bond donors (Lipinski definition) is 2. The third kappa shape index (κ3) is 7.23. The Morgan fingerprint density at radius 2 is 1.80 bits per heavy atom. The largest absolute Gasteiger partial charge is 0.488 e. The van der Waals surface area contributed by atoms with Gasteiger partial charge in [0.05, 0.1) is 17.8 Å². The highest BCUT2D eigenvalue weighted by atomic mass is 35.5. The molecule has 5 aromatic rings. The summed E-state index contributed by atoms with van der Waals surface area (Å²) >= 11 is 6.74. The molecule has 232 valence electrons. The zero-order valence-corrected chi connectivity index (χ0v) is 26.0. The van der Waals surface area contributed by atoms with E-state index in [0.29, 0.717) is 42.9 Å². The van der Waals surface area contributed by atoms with Crippen LogP contribution in [0.4, 0.5) is 0 Å². The van der Waals surface area contributed by atoms with Crippen molar-refractivity contribution in [1.29, 1.82) is 0 Å². The Morgan fingerprint density at radius 1 is 0.956 bits per heavy atom. The Hall–Kier alpha value is -4.57. The first-order valence-electron chi connectivity index (χ1n) is 14.8. The van der Waals surface area contributed by atoms with Crippen LogP contribution in [0.25, 0.3) is 16.9 Å². The van der Waals surface area contributed by atoms with Gasteiger partial charge in [0.15, 0.2) is 17.3 Å². The first-order valence-corrected chi connectivity index (χ1v) is 15.2. The van der Waals surface area contributed by atoms with Crippen LogP contribution in [0.15, 0.2) is 85.3 Å². The minimum atomic E-state index is -0.0892. The van der Waals surface area contributed by atoms with Crippen LogP contribution >= 0.6 is 11.6 Å². The molecule has 9 nitrogen and oxygen atoms in total. The van der Waals surface area contributed by atoms with Gasteiger partial charge in [-0.05, 0) is 66.4 Å². The lowest BCUT2D eigenvalue weighted by Gasteiger charge is -2.20. The third-order valence-corrected chi connectivity index (χ3v) is 7.92. The number of hydrogen-bond acceptors (Lipinski definition) is 8. The maximum absolute atomic E-state index is 9.51. The molecule has 0 bridgehead atoms. The second kappa shape index (κ2) is 14.0. The van der Waals surface area contributed by atoms with Crippen LogP contribution in [0.5, 0.6) is 23.0 Å². The monoisotopic (exact) mass is 626 g/mol. The summed E-state index contributed by atoms with van der Waals surface area (Å²) in [5, 5.41) is 17.7. The third-order valence-electron chi connectivity index (χ3n) is 7.63. The molecule has 1 unspecified atom stereocenters. The Balaban J connectivity index is 1.20. The molecule has 0 spiro atoms. The van der Waals surface area contributed by atoms with Crippen molar-refractivity contribution in [1.82, 2.24) is 20.1 Å². The molecule has 1 aliphatic rings. The molecule has 45 heavy (non-hydrogen) atoms. The van der Waals surface area contributed by atoms with Crippen LogP contribution in [-0.2, 0) is 19.8 Å². The minimum absolute atomic E-state index is 0.0164. The predicted molar refractivity (Wildman–Crippen MR) is 172 cm³/mol. The van der Waals surface area contributed by atoms with Crippen molar-refractivity contribution in [2.45, 2.75) is 39.6 Å². The summed E-state index contributed by atoms with van der Waals surface area (Å²) in [5.74, 6) is 3.38. The quantitative estimate of drug-likeness (QED) is 0.167. The van der Waals surface area contributed by atoms with Crippen LogP contribution in [-0.4, -0.2) is 45.7 Å². The number of benzene rings is 3. The van der Waals surface area contributed by atoms with Crippen molar-refractivity contribution in [2.24, 2.45) is 0 Å². The van der Waals surface area contributed by atoms with E-state index in [4.69, 9.17) is 30.5 Å². The lowest BCUT2D eigenvalue weighted by molar-refractivity contribution is 0.171. The molecule has 2 aromatic heterocycles. The molecule has 0 fully saturated rings. The number of aromatic nitrogens is 3. The molecule has 10 heteroatoms. The van der Waals surface area contributed by atoms with Crippen LogP contribution in [0.1, 0.15) is 29.2 Å². The molecule has 0 saturated carbocycles. The minimum Gasteiger partial charge on any atom is -0.488 e. The van der Waals surface area contributed by atoms with Crippen molar-refractivity contribution in [3.05, 3.63) is 113 Å². The fourth-order valence-electron chi connectivity index (χ4n) is 5.04. The molecule has 6 rings (SSSR count). The van der Waals surface area contributed by atoms with Gasteiger partial charge in [-0.25, -0.2) is 9.67 Å². The Labute approximate surface area is 267 Å². The van der Waals surface area contributed by atoms with E-state index in [2.05, 4.69) is 34.5 Å². The van der Waals surface area contributed by atoms with Crippen LogP contribution in [0.3, 0.4) is 0 Å². The topological polar surface area (TPSA) is 99.9 Å². The lowest BCUT2D eigenvalue weighted by atomic mass is 9.96. The fraction of sp³-hybridized carbons (Fsp3) is 0.257. The maximum atomic E-state index is 9.51. The number of aliphatic hydroxyl groups is 1. The van der Waals surface area contributed by atoms with Crippen molar-refractivity contribution in [3.8, 4) is 39.9 Å². The van der Waals surface area contributed by atoms with E-state index < -0.39 is 0 Å². The molecule has 0 amide bonds. The Kier molecular flexibility index (Phi) is 9.49. The molecule has 0 radical (unpaired) electrons. The van der Waals surface area contributed by atoms with Crippen LogP contribution < -0.4 is 24.3 Å². The first-order chi connectivity index (χ1) is 22.0. The number of rotatable bonds is 12. The van der Waals surface area contributed by atoms with Gasteiger partial charge in [-0.2, -0.15) is 5.10 Å². The molecule has 0 saturated heterocycles. The number of pyridine rings is 1. The highest BCUT2D eigenvalue weighted by molar-refractivity contribution is 6.32. The molecule has 3 heterocycles. The smallest absolute Gasteiger partial charge is 0.161 e. The second-order valence-electron chi connectivity index (χ2n) is 10.9. The van der Waals surface area contributed by atoms with Gasteiger partial charge in [-0.15, -0.1) is 0 Å². The van der Waals surface area contributed by atoms with E-state index in [9.17, 15) is 5.11 Å². The first kappa shape index (κ1) is 30.5. The second-order valence-corrected chi connectivity index (χ2v) is 11.3. The van der Waals surface area contributed by atoms with E-state index in [1.54, 1.807) is 17.1 Å². The van der Waals surface area contributed by atoms with Gasteiger partial charge in [0.1, 0.15) is 37.9 Å². The molecule has 0 aliphatic carbocycles. The van der Waals surface area contributed by atoms with Crippen molar-refractivity contribution >= 4 is 11.6 Å². The zero-order chi connectivity index (χ0) is 31.2. The summed E-state index contributed by atoms with van der Waals surface area (Å²) in [6, 6.07) is 21.4. The summed E-state index contributed by atoms with van der Waals surface area (Å²) < 4.78 is 25.8. The van der Waals surface area contributed by atoms with Crippen molar-refractivity contribution < 1.29 is 24.1 Å². The van der Waals surface area contributed by atoms with E-state index >= 15 is 0 Å². The highest BCUT2D eigenvalue weighted by Gasteiger charge is 2.16. The SMILES string of the molecule is Cc1c(COc2cc(OCc3cnn(-c4ccccn4)c3)c(CNC(C)CO)cc2Cl)cccc1-c1ccc2c(c1)OCCO2. The van der Waals surface area contributed by atoms with Gasteiger partial charge < -0.3 is 29.4 Å². The van der Waals surface area contributed by atoms with E-state index in [0.717, 1.165) is 50.7 Å². The van der Waals surface area contributed by atoms with E-state index in [1.807, 2.05) is 67.7 Å². The number of halogens is 1. The number of nitrogens with zero attached hydrogens (tertiary/aromatic N) is 3. The predicted octanol–water partition coefficient (Wildman–Crippen LogP) is 6.30. The summed E-state index contributed by atoms with van der Waals surface area (Å²) in [6.45, 7) is 6.18. The van der Waals surface area contributed by atoms with Crippen molar-refractivity contribution in [2.75, 3.05) is 19.8 Å². The maximum Gasteiger partial charge on any atom is 0.161 e. The number of nitrogens with one attached hydrogen (secondary N) is 1. The molecule has 1 atom stereocenters. The van der Waals surface area contributed by atoms with Crippen molar-refractivity contribution in [3.63, 3.8) is 0 Å². The molecule has 1 aliphatic heterocycles. The molecular weight excluding hydrogens is 592 g/mol. The Bertz CT molecular complexity index is 1760. The molecule has 2 N–H and O–H groups in total. The zero-order valence-electron chi connectivity index (χ0n) is 25.2. The number of fused-ring (bicyclic) bond motifs is 1. The molecule has 3 aromatic carbocycles. The van der Waals surface area contributed by atoms with Gasteiger partial charge in [-0.1, -0.05) is 41.9 Å². The van der Waals surface area contributed by atoms with Gasteiger partial charge in [0.2, 0.25) is 0 Å². The van der Waals surface area contributed by atoms with Gasteiger partial charge in [-0.3, -0.25) is 0 Å². The summed E-state index contributed by atoms with van der Waals surface area (Å²) in [6.07, 6.45) is 5.37. The van der Waals surface area contributed by atoms with E-state index in [-0.39, 0.29) is 19.3 Å². The summed E-state index contributed by atoms with van der Waals surface area (Å²) in [4.78, 5) is 4.35. The average Bonchev–Trinajstić information content (AvgIpc) is 3.56. The standard InChI is InChI=1S/C35H35ClN4O5/c1-23(20-41)38-18-28-14-30(36)33(16-32(28)44-21-25-17-39-40(19-25)35-8-3-4-11-37-35)45-22-27-6-5-7-29(24(27)2)26-9-10-31-34(15-26)43-13-12-42-31/h3-11,14-17,19,23,38,41H,12-13,18,20-22H2,1-2H3. The van der Waals surface area contributed by atoms with Crippen LogP contribution in [0.2, 0.25) is 5.02 Å². The van der Waals surface area contributed by atoms with E-state index in [1.165, 1.54) is 0 Å².